The van der Waals surface area contributed by atoms with Gasteiger partial charge in [-0.25, -0.2) is 0 Å². The number of carboxylic acid groups (broad SMARTS) is 1. The van der Waals surface area contributed by atoms with Gasteiger partial charge in [0.2, 0.25) is 0 Å². The fraction of sp³-hybridized carbons (Fsp3) is 0.739. The third kappa shape index (κ3) is 5.68. The number of hydrogen-bond acceptors (Lipinski definition) is 4. The number of aliphatic hydroxyl groups excluding tert-OH is 2. The summed E-state index contributed by atoms with van der Waals surface area (Å²) in [6.45, 7) is 2.14. The number of nitriles is 1. The number of allylic oxidation sites excluding steroid dienone is 2. The summed E-state index contributed by atoms with van der Waals surface area (Å²) in [5, 5.41) is 39.1. The first kappa shape index (κ1) is 22.6. The van der Waals surface area contributed by atoms with Gasteiger partial charge in [-0.2, -0.15) is 5.26 Å². The monoisotopic (exact) mass is 389 g/mol. The Balaban J connectivity index is 1.89. The second kappa shape index (κ2) is 10.8. The summed E-state index contributed by atoms with van der Waals surface area (Å²) in [5.74, 6) is -0.963. The van der Waals surface area contributed by atoms with Gasteiger partial charge in [-0.1, -0.05) is 37.6 Å². The van der Waals surface area contributed by atoms with Crippen molar-refractivity contribution in [3.05, 3.63) is 24.3 Å². The molecule has 0 heterocycles. The lowest BCUT2D eigenvalue weighted by Gasteiger charge is -2.45. The molecule has 2 aliphatic rings. The molecule has 3 unspecified atom stereocenters. The lowest BCUT2D eigenvalue weighted by molar-refractivity contribution is -0.137. The largest absolute Gasteiger partial charge is 0.481 e. The summed E-state index contributed by atoms with van der Waals surface area (Å²) in [6.07, 6.45) is 14.8. The van der Waals surface area contributed by atoms with Gasteiger partial charge in [-0.3, -0.25) is 4.79 Å². The normalized spacial score (nSPS) is 30.4. The molecule has 28 heavy (non-hydrogen) atoms. The molecule has 0 amide bonds. The fourth-order valence-electron chi connectivity index (χ4n) is 4.80. The zero-order valence-electron chi connectivity index (χ0n) is 17.0. The summed E-state index contributed by atoms with van der Waals surface area (Å²) >= 11 is 0. The second-order valence-corrected chi connectivity index (χ2v) is 8.52. The van der Waals surface area contributed by atoms with Gasteiger partial charge in [0.1, 0.15) is 0 Å². The van der Waals surface area contributed by atoms with Gasteiger partial charge in [0.05, 0.1) is 24.2 Å². The van der Waals surface area contributed by atoms with Crippen LogP contribution in [-0.2, 0) is 4.79 Å². The Morgan fingerprint density at radius 2 is 2.07 bits per heavy atom. The second-order valence-electron chi connectivity index (χ2n) is 8.52. The van der Waals surface area contributed by atoms with E-state index >= 15 is 0 Å². The van der Waals surface area contributed by atoms with Crippen LogP contribution in [0.4, 0.5) is 0 Å². The quantitative estimate of drug-likeness (QED) is 0.363. The molecule has 2 saturated carbocycles. The minimum atomic E-state index is -0.781. The molecule has 156 valence electrons. The maximum absolute atomic E-state index is 10.6. The average molecular weight is 390 g/mol. The van der Waals surface area contributed by atoms with E-state index in [2.05, 4.69) is 13.0 Å². The van der Waals surface area contributed by atoms with E-state index in [1.807, 2.05) is 24.3 Å². The van der Waals surface area contributed by atoms with E-state index in [1.165, 1.54) is 6.42 Å². The zero-order valence-corrected chi connectivity index (χ0v) is 17.0. The van der Waals surface area contributed by atoms with Crippen LogP contribution in [0.3, 0.4) is 0 Å². The number of aliphatic carboxylic acids is 1. The van der Waals surface area contributed by atoms with Crippen LogP contribution >= 0.6 is 0 Å². The molecule has 2 fully saturated rings. The standard InChI is InChI=1S/C23H35NO4/c1-2-23(13-8-14-23)21(26)11-7-10-19-18(17(16-24)15-20(19)25)9-5-3-4-6-12-22(27)28/h3,5,7,10,17-21,25-26H,2,4,6,8-9,11-15H2,1H3,(H,27,28)/b5-3-,10-7+/t17?,18-,19?,20+,21?/m0/s1. The molecule has 0 aliphatic heterocycles. The Morgan fingerprint density at radius 3 is 2.64 bits per heavy atom. The van der Waals surface area contributed by atoms with Crippen LogP contribution in [-0.4, -0.2) is 33.5 Å². The first-order valence-electron chi connectivity index (χ1n) is 10.7. The van der Waals surface area contributed by atoms with Crippen molar-refractivity contribution >= 4 is 5.97 Å². The van der Waals surface area contributed by atoms with E-state index in [0.29, 0.717) is 32.1 Å². The van der Waals surface area contributed by atoms with Crippen LogP contribution in [0.15, 0.2) is 24.3 Å². The summed E-state index contributed by atoms with van der Waals surface area (Å²) < 4.78 is 0. The topological polar surface area (TPSA) is 102 Å². The Bertz CT molecular complexity index is 597. The third-order valence-corrected chi connectivity index (χ3v) is 6.93. The molecule has 0 aromatic rings. The Hall–Kier alpha value is -1.64. The molecule has 0 bridgehead atoms. The average Bonchev–Trinajstić information content (AvgIpc) is 2.92. The summed E-state index contributed by atoms with van der Waals surface area (Å²) in [5.41, 5.74) is 0.0753. The highest BCUT2D eigenvalue weighted by Gasteiger charge is 2.42. The van der Waals surface area contributed by atoms with Gasteiger partial charge in [0.15, 0.2) is 0 Å². The molecular formula is C23H35NO4. The lowest BCUT2D eigenvalue weighted by atomic mass is 9.63. The number of carbonyl (C=O) groups is 1. The van der Waals surface area contributed by atoms with E-state index in [1.54, 1.807) is 0 Å². The number of nitrogens with zero attached hydrogens (tertiary/aromatic N) is 1. The van der Waals surface area contributed by atoms with Gasteiger partial charge in [0, 0.05) is 12.3 Å². The molecule has 0 aromatic heterocycles. The number of hydrogen-bond donors (Lipinski definition) is 3. The van der Waals surface area contributed by atoms with Gasteiger partial charge in [-0.05, 0) is 62.7 Å². The van der Waals surface area contributed by atoms with E-state index in [4.69, 9.17) is 5.11 Å². The molecule has 5 atom stereocenters. The maximum Gasteiger partial charge on any atom is 0.303 e. The minimum absolute atomic E-state index is 0.0629. The first-order valence-corrected chi connectivity index (χ1v) is 10.7. The molecule has 0 aromatic carbocycles. The molecular weight excluding hydrogens is 354 g/mol. The van der Waals surface area contributed by atoms with Crippen molar-refractivity contribution in [3.8, 4) is 6.07 Å². The van der Waals surface area contributed by atoms with Crippen molar-refractivity contribution < 1.29 is 20.1 Å². The molecule has 2 rings (SSSR count). The predicted molar refractivity (Wildman–Crippen MR) is 108 cm³/mol. The van der Waals surface area contributed by atoms with Crippen molar-refractivity contribution in [1.82, 2.24) is 0 Å². The molecule has 0 radical (unpaired) electrons. The summed E-state index contributed by atoms with van der Waals surface area (Å²) in [6, 6.07) is 2.34. The van der Waals surface area contributed by atoms with Crippen LogP contribution in [0, 0.1) is 34.5 Å². The van der Waals surface area contributed by atoms with E-state index < -0.39 is 12.1 Å². The van der Waals surface area contributed by atoms with Crippen molar-refractivity contribution in [2.24, 2.45) is 23.2 Å². The molecule has 0 saturated heterocycles. The number of rotatable bonds is 11. The predicted octanol–water partition coefficient (Wildman–Crippen LogP) is 4.21. The number of aliphatic hydroxyl groups is 2. The fourth-order valence-corrected chi connectivity index (χ4v) is 4.80. The smallest absolute Gasteiger partial charge is 0.303 e. The molecule has 2 aliphatic carbocycles. The van der Waals surface area contributed by atoms with E-state index in [0.717, 1.165) is 19.3 Å². The zero-order chi connectivity index (χ0) is 20.6. The lowest BCUT2D eigenvalue weighted by Crippen LogP contribution is -2.40. The highest BCUT2D eigenvalue weighted by molar-refractivity contribution is 5.66. The van der Waals surface area contributed by atoms with Crippen molar-refractivity contribution in [2.75, 3.05) is 0 Å². The van der Waals surface area contributed by atoms with Crippen LogP contribution < -0.4 is 0 Å². The molecule has 5 nitrogen and oxygen atoms in total. The van der Waals surface area contributed by atoms with Crippen molar-refractivity contribution in [3.63, 3.8) is 0 Å². The van der Waals surface area contributed by atoms with Crippen LogP contribution in [0.2, 0.25) is 0 Å². The Morgan fingerprint density at radius 1 is 1.32 bits per heavy atom. The molecule has 3 N–H and O–H groups in total. The van der Waals surface area contributed by atoms with E-state index in [-0.39, 0.29) is 35.7 Å². The number of carboxylic acids is 1. The Kier molecular flexibility index (Phi) is 8.72. The summed E-state index contributed by atoms with van der Waals surface area (Å²) in [7, 11) is 0. The van der Waals surface area contributed by atoms with Gasteiger partial charge >= 0.3 is 5.97 Å². The van der Waals surface area contributed by atoms with Gasteiger partial charge < -0.3 is 15.3 Å². The first-order chi connectivity index (χ1) is 13.4. The van der Waals surface area contributed by atoms with E-state index in [9.17, 15) is 20.3 Å². The van der Waals surface area contributed by atoms with Crippen LogP contribution in [0.1, 0.15) is 71.1 Å². The number of unbranched alkanes of at least 4 members (excludes halogenated alkanes) is 1. The van der Waals surface area contributed by atoms with Gasteiger partial charge in [0.25, 0.3) is 0 Å². The molecule has 0 spiro atoms. The highest BCUT2D eigenvalue weighted by atomic mass is 16.4. The third-order valence-electron chi connectivity index (χ3n) is 6.93. The maximum atomic E-state index is 10.6. The minimum Gasteiger partial charge on any atom is -0.481 e. The highest BCUT2D eigenvalue weighted by Crippen LogP contribution is 2.48. The van der Waals surface area contributed by atoms with Crippen molar-refractivity contribution in [1.29, 1.82) is 5.26 Å². The van der Waals surface area contributed by atoms with Gasteiger partial charge in [-0.15, -0.1) is 0 Å². The summed E-state index contributed by atoms with van der Waals surface area (Å²) in [4.78, 5) is 10.5. The van der Waals surface area contributed by atoms with Crippen molar-refractivity contribution in [2.45, 2.75) is 83.3 Å². The molecule has 5 heteroatoms. The SMILES string of the molecule is CCC1(C(O)C/C=C/C2[C@@H](C/C=C\CCCC(=O)O)C(C#N)C[C@H]2O)CCC1. The van der Waals surface area contributed by atoms with Crippen LogP contribution in [0.25, 0.3) is 0 Å². The Labute approximate surface area is 168 Å². The van der Waals surface area contributed by atoms with Crippen LogP contribution in [0.5, 0.6) is 0 Å².